The van der Waals surface area contributed by atoms with E-state index in [0.29, 0.717) is 16.5 Å². The standard InChI is InChI=1S/C36H40N2O12/c1-20(41)47-35-33(45)31(19-40)50-36(34(35)46)49-29(16-37-14-25-23-8-4-2-6-21(23)10-12-27(25)42)30(18-39)48-32(44)17-38-15-26-24-9-5-3-7-22(24)11-13-28(26)43/h2-15,29-36,39-40,42-46H,16-19H2,1H3/t29-,30+,31-,32+,33+,34-,35+,36-/m1/s1. The molecular weight excluding hydrogens is 652 g/mol. The average molecular weight is 693 g/mol. The van der Waals surface area contributed by atoms with Crippen molar-refractivity contribution in [1.82, 2.24) is 0 Å². The summed E-state index contributed by atoms with van der Waals surface area (Å²) >= 11 is 0. The Bertz CT molecular complexity index is 1820. The maximum atomic E-state index is 11.7. The lowest BCUT2D eigenvalue weighted by Crippen LogP contribution is -2.61. The fraction of sp³-hybridized carbons (Fsp3) is 0.361. The van der Waals surface area contributed by atoms with Crippen LogP contribution in [0, 0.1) is 0 Å². The number of rotatable bonds is 14. The van der Waals surface area contributed by atoms with Crippen LogP contribution in [-0.4, -0.2) is 130 Å². The summed E-state index contributed by atoms with van der Waals surface area (Å²) < 4.78 is 22.4. The van der Waals surface area contributed by atoms with Crippen LogP contribution in [0.2, 0.25) is 0 Å². The minimum Gasteiger partial charge on any atom is -0.507 e. The van der Waals surface area contributed by atoms with Crippen LogP contribution in [0.15, 0.2) is 82.8 Å². The van der Waals surface area contributed by atoms with Gasteiger partial charge in [0.2, 0.25) is 0 Å². The molecule has 1 aliphatic rings. The fourth-order valence-corrected chi connectivity index (χ4v) is 5.73. The molecule has 14 heteroatoms. The molecule has 266 valence electrons. The van der Waals surface area contributed by atoms with Crippen molar-refractivity contribution in [2.75, 3.05) is 26.3 Å². The number of hydrogen-bond acceptors (Lipinski definition) is 14. The zero-order valence-corrected chi connectivity index (χ0v) is 27.1. The molecule has 1 aliphatic heterocycles. The van der Waals surface area contributed by atoms with E-state index in [1.54, 1.807) is 24.3 Å². The van der Waals surface area contributed by atoms with Gasteiger partial charge in [-0.25, -0.2) is 0 Å². The Morgan fingerprint density at radius 1 is 0.820 bits per heavy atom. The molecule has 0 unspecified atom stereocenters. The van der Waals surface area contributed by atoms with E-state index in [2.05, 4.69) is 9.98 Å². The maximum absolute atomic E-state index is 11.7. The van der Waals surface area contributed by atoms with Crippen LogP contribution in [0.4, 0.5) is 0 Å². The smallest absolute Gasteiger partial charge is 0.303 e. The Balaban J connectivity index is 1.37. The van der Waals surface area contributed by atoms with Crippen LogP contribution in [0.25, 0.3) is 21.5 Å². The number of benzene rings is 4. The topological polar surface area (TPSA) is 220 Å². The van der Waals surface area contributed by atoms with E-state index in [9.17, 15) is 40.5 Å². The zero-order chi connectivity index (χ0) is 35.8. The molecule has 0 aliphatic carbocycles. The third kappa shape index (κ3) is 8.61. The Morgan fingerprint density at radius 3 is 1.92 bits per heavy atom. The molecule has 14 nitrogen and oxygen atoms in total. The lowest BCUT2D eigenvalue weighted by atomic mass is 9.99. The van der Waals surface area contributed by atoms with Gasteiger partial charge in [-0.15, -0.1) is 0 Å². The molecule has 0 saturated carbocycles. The lowest BCUT2D eigenvalue weighted by Gasteiger charge is -2.42. The van der Waals surface area contributed by atoms with Gasteiger partial charge in [0, 0.05) is 30.5 Å². The van der Waals surface area contributed by atoms with E-state index in [4.69, 9.17) is 18.9 Å². The number of aromatic hydroxyl groups is 2. The normalized spacial score (nSPS) is 23.0. The van der Waals surface area contributed by atoms with Crippen LogP contribution in [0.1, 0.15) is 18.1 Å². The summed E-state index contributed by atoms with van der Waals surface area (Å²) in [6.07, 6.45) is -9.16. The van der Waals surface area contributed by atoms with Crippen molar-refractivity contribution < 1.29 is 59.5 Å². The third-order valence-corrected chi connectivity index (χ3v) is 8.24. The number of aliphatic imine (C=N–C) groups is 2. The number of ether oxygens (including phenoxy) is 4. The molecule has 0 radical (unpaired) electrons. The van der Waals surface area contributed by atoms with Crippen molar-refractivity contribution in [2.24, 2.45) is 9.98 Å². The highest BCUT2D eigenvalue weighted by Gasteiger charge is 2.48. The maximum Gasteiger partial charge on any atom is 0.303 e. The van der Waals surface area contributed by atoms with Crippen LogP contribution in [0.5, 0.6) is 11.5 Å². The van der Waals surface area contributed by atoms with Crippen molar-refractivity contribution in [3.8, 4) is 11.5 Å². The van der Waals surface area contributed by atoms with E-state index >= 15 is 0 Å². The fourth-order valence-electron chi connectivity index (χ4n) is 5.73. The Kier molecular flexibility index (Phi) is 12.5. The summed E-state index contributed by atoms with van der Waals surface area (Å²) in [5.74, 6) is -0.858. The largest absolute Gasteiger partial charge is 0.507 e. The highest BCUT2D eigenvalue weighted by atomic mass is 16.7. The molecular formula is C36H40N2O12. The Labute approximate surface area is 287 Å². The van der Waals surface area contributed by atoms with Crippen molar-refractivity contribution in [2.45, 2.75) is 56.1 Å². The molecule has 5 rings (SSSR count). The predicted molar refractivity (Wildman–Crippen MR) is 182 cm³/mol. The number of nitrogens with zero attached hydrogens (tertiary/aromatic N) is 2. The van der Waals surface area contributed by atoms with Gasteiger partial charge in [-0.1, -0.05) is 60.7 Å². The Morgan fingerprint density at radius 2 is 1.38 bits per heavy atom. The third-order valence-electron chi connectivity index (χ3n) is 8.24. The summed E-state index contributed by atoms with van der Waals surface area (Å²) in [6, 6.07) is 21.3. The summed E-state index contributed by atoms with van der Waals surface area (Å²) in [7, 11) is 0. The van der Waals surface area contributed by atoms with E-state index in [0.717, 1.165) is 23.1 Å². The summed E-state index contributed by atoms with van der Waals surface area (Å²) in [6.45, 7) is -0.926. The van der Waals surface area contributed by atoms with Crippen LogP contribution in [0.3, 0.4) is 0 Å². The van der Waals surface area contributed by atoms with Gasteiger partial charge in [0.15, 0.2) is 18.7 Å². The lowest BCUT2D eigenvalue weighted by molar-refractivity contribution is -0.322. The van der Waals surface area contributed by atoms with Gasteiger partial charge in [-0.05, 0) is 33.7 Å². The predicted octanol–water partition coefficient (Wildman–Crippen LogP) is 1.39. The van der Waals surface area contributed by atoms with E-state index in [-0.39, 0.29) is 24.6 Å². The van der Waals surface area contributed by atoms with Crippen molar-refractivity contribution >= 4 is 39.9 Å². The first-order valence-corrected chi connectivity index (χ1v) is 15.9. The van der Waals surface area contributed by atoms with Crippen molar-refractivity contribution in [1.29, 1.82) is 0 Å². The number of hydrogen-bond donors (Lipinski definition) is 7. The number of phenols is 2. The second kappa shape index (κ2) is 16.9. The number of esters is 1. The minimum absolute atomic E-state index is 0.0101. The van der Waals surface area contributed by atoms with Gasteiger partial charge in [0.1, 0.15) is 42.0 Å². The van der Waals surface area contributed by atoms with E-state index in [1.165, 1.54) is 24.6 Å². The van der Waals surface area contributed by atoms with Gasteiger partial charge in [0.05, 0.1) is 26.3 Å². The number of fused-ring (bicyclic) bond motifs is 2. The van der Waals surface area contributed by atoms with Gasteiger partial charge in [-0.3, -0.25) is 14.8 Å². The summed E-state index contributed by atoms with van der Waals surface area (Å²) in [5.41, 5.74) is 0.842. The summed E-state index contributed by atoms with van der Waals surface area (Å²) in [4.78, 5) is 20.4. The molecule has 7 N–H and O–H groups in total. The van der Waals surface area contributed by atoms with E-state index < -0.39 is 68.4 Å². The molecule has 1 fully saturated rings. The SMILES string of the molecule is CC(=O)O[C@H]1[C@@H](O)[C@@H](CO)O[C@@H](O[C@H](CN=Cc2c(O)ccc3ccccc23)[C@H](CO)O[C@H](O)CN=Cc2c(O)ccc3ccccc23)[C@@H]1O. The molecule has 1 saturated heterocycles. The highest BCUT2D eigenvalue weighted by Crippen LogP contribution is 2.29. The number of aliphatic hydroxyl groups is 5. The van der Waals surface area contributed by atoms with Crippen molar-refractivity contribution in [3.63, 3.8) is 0 Å². The monoisotopic (exact) mass is 692 g/mol. The van der Waals surface area contributed by atoms with Crippen LogP contribution < -0.4 is 0 Å². The molecule has 4 aromatic carbocycles. The first-order chi connectivity index (χ1) is 24.1. The molecule has 0 bridgehead atoms. The number of carbonyl (C=O) groups is 1. The first-order valence-electron chi connectivity index (χ1n) is 15.9. The minimum atomic E-state index is -1.74. The first kappa shape index (κ1) is 36.8. The van der Waals surface area contributed by atoms with Crippen LogP contribution >= 0.6 is 0 Å². The molecule has 8 atom stereocenters. The molecule has 0 aromatic heterocycles. The zero-order valence-electron chi connectivity index (χ0n) is 27.1. The number of phenolic OH excluding ortho intramolecular Hbond substituents is 2. The molecule has 4 aromatic rings. The highest BCUT2D eigenvalue weighted by molar-refractivity contribution is 6.03. The molecule has 1 heterocycles. The van der Waals surface area contributed by atoms with Gasteiger partial charge in [-0.2, -0.15) is 0 Å². The Hall–Kier alpha value is -4.51. The number of carbonyl (C=O) groups excluding carboxylic acids is 1. The second-order valence-corrected chi connectivity index (χ2v) is 11.7. The molecule has 0 amide bonds. The molecule has 50 heavy (non-hydrogen) atoms. The van der Waals surface area contributed by atoms with Crippen molar-refractivity contribution in [3.05, 3.63) is 83.9 Å². The van der Waals surface area contributed by atoms with E-state index in [1.807, 2.05) is 36.4 Å². The van der Waals surface area contributed by atoms with Gasteiger partial charge >= 0.3 is 5.97 Å². The van der Waals surface area contributed by atoms with Gasteiger partial charge < -0.3 is 54.7 Å². The van der Waals surface area contributed by atoms with Gasteiger partial charge in [0.25, 0.3) is 0 Å². The average Bonchev–Trinajstić information content (AvgIpc) is 3.11. The molecule has 0 spiro atoms. The van der Waals surface area contributed by atoms with Crippen LogP contribution in [-0.2, 0) is 23.7 Å². The second-order valence-electron chi connectivity index (χ2n) is 11.7. The summed E-state index contributed by atoms with van der Waals surface area (Å²) in [5, 5.41) is 76.7. The number of aliphatic hydroxyl groups excluding tert-OH is 5. The quantitative estimate of drug-likeness (QED) is 0.0567.